The van der Waals surface area contributed by atoms with Gasteiger partial charge in [-0.05, 0) is 48.7 Å². The smallest absolute Gasteiger partial charge is 0.147 e. The Morgan fingerprint density at radius 1 is 1.08 bits per heavy atom. The molecule has 3 aromatic rings. The first-order valence-corrected chi connectivity index (χ1v) is 8.17. The second-order valence-corrected chi connectivity index (χ2v) is 6.04. The highest BCUT2D eigenvalue weighted by atomic mass is 19.1. The minimum absolute atomic E-state index is 0.186. The summed E-state index contributed by atoms with van der Waals surface area (Å²) in [5, 5.41) is 6.15. The predicted molar refractivity (Wildman–Crippen MR) is 92.6 cm³/mol. The van der Waals surface area contributed by atoms with Gasteiger partial charge in [0.2, 0.25) is 0 Å². The SMILES string of the molecule is Fc1ccccc1N1CCC(Cc2ccc(-n3cccn3)cc2)N1. The molecule has 2 heterocycles. The van der Waals surface area contributed by atoms with E-state index >= 15 is 0 Å². The van der Waals surface area contributed by atoms with Crippen LogP contribution in [0.15, 0.2) is 67.0 Å². The normalized spacial score (nSPS) is 17.4. The van der Waals surface area contributed by atoms with Gasteiger partial charge in [0.1, 0.15) is 5.82 Å². The van der Waals surface area contributed by atoms with E-state index in [1.165, 1.54) is 11.6 Å². The van der Waals surface area contributed by atoms with Gasteiger partial charge in [-0.2, -0.15) is 5.10 Å². The minimum atomic E-state index is -0.186. The number of nitrogens with zero attached hydrogens (tertiary/aromatic N) is 3. The van der Waals surface area contributed by atoms with Crippen molar-refractivity contribution in [2.75, 3.05) is 11.6 Å². The van der Waals surface area contributed by atoms with Crippen molar-refractivity contribution in [1.82, 2.24) is 15.2 Å². The Labute approximate surface area is 140 Å². The number of para-hydroxylation sites is 1. The molecule has 5 heteroatoms. The van der Waals surface area contributed by atoms with Crippen molar-refractivity contribution < 1.29 is 4.39 Å². The lowest BCUT2D eigenvalue weighted by atomic mass is 10.0. The summed E-state index contributed by atoms with van der Waals surface area (Å²) in [6.07, 6.45) is 5.62. The maximum atomic E-state index is 13.9. The molecule has 1 N–H and O–H groups in total. The van der Waals surface area contributed by atoms with Crippen LogP contribution in [0, 0.1) is 5.82 Å². The molecular formula is C19H19FN4. The molecule has 0 bridgehead atoms. The molecule has 2 aromatic carbocycles. The lowest BCUT2D eigenvalue weighted by Crippen LogP contribution is -2.37. The quantitative estimate of drug-likeness (QED) is 0.800. The van der Waals surface area contributed by atoms with Gasteiger partial charge in [-0.1, -0.05) is 24.3 Å². The minimum Gasteiger partial charge on any atom is -0.305 e. The van der Waals surface area contributed by atoms with Crippen molar-refractivity contribution in [3.63, 3.8) is 0 Å². The fourth-order valence-corrected chi connectivity index (χ4v) is 3.13. The molecule has 0 aliphatic carbocycles. The van der Waals surface area contributed by atoms with Crippen molar-refractivity contribution in [2.45, 2.75) is 18.9 Å². The Kier molecular flexibility index (Phi) is 4.01. The van der Waals surface area contributed by atoms with E-state index in [9.17, 15) is 4.39 Å². The number of hydrazine groups is 1. The zero-order valence-corrected chi connectivity index (χ0v) is 13.3. The molecule has 0 saturated carbocycles. The number of hydrogen-bond donors (Lipinski definition) is 1. The number of anilines is 1. The number of aromatic nitrogens is 2. The van der Waals surface area contributed by atoms with E-state index in [2.05, 4.69) is 34.8 Å². The van der Waals surface area contributed by atoms with Crippen LogP contribution in [-0.2, 0) is 6.42 Å². The molecule has 1 atom stereocenters. The lowest BCUT2D eigenvalue weighted by Gasteiger charge is -2.20. The van der Waals surface area contributed by atoms with Gasteiger partial charge < -0.3 is 5.01 Å². The molecule has 1 unspecified atom stereocenters. The predicted octanol–water partition coefficient (Wildman–Crippen LogP) is 3.34. The maximum absolute atomic E-state index is 13.9. The van der Waals surface area contributed by atoms with Crippen LogP contribution in [0.5, 0.6) is 0 Å². The third-order valence-electron chi connectivity index (χ3n) is 4.37. The third-order valence-corrected chi connectivity index (χ3v) is 4.37. The van der Waals surface area contributed by atoms with Gasteiger partial charge in [-0.15, -0.1) is 0 Å². The zero-order chi connectivity index (χ0) is 16.4. The Bertz CT molecular complexity index is 798. The summed E-state index contributed by atoms with van der Waals surface area (Å²) >= 11 is 0. The first kappa shape index (κ1) is 14.9. The topological polar surface area (TPSA) is 33.1 Å². The van der Waals surface area contributed by atoms with Gasteiger partial charge in [0.25, 0.3) is 0 Å². The van der Waals surface area contributed by atoms with E-state index in [1.54, 1.807) is 12.3 Å². The summed E-state index contributed by atoms with van der Waals surface area (Å²) in [7, 11) is 0. The second-order valence-electron chi connectivity index (χ2n) is 6.04. The van der Waals surface area contributed by atoms with Crippen molar-refractivity contribution in [3.8, 4) is 5.69 Å². The highest BCUT2D eigenvalue weighted by molar-refractivity contribution is 5.47. The average Bonchev–Trinajstić information content (AvgIpc) is 3.28. The van der Waals surface area contributed by atoms with Gasteiger partial charge in [0, 0.05) is 25.0 Å². The maximum Gasteiger partial charge on any atom is 0.147 e. The highest BCUT2D eigenvalue weighted by Crippen LogP contribution is 2.22. The van der Waals surface area contributed by atoms with Crippen LogP contribution in [-0.4, -0.2) is 22.4 Å². The molecule has 4 nitrogen and oxygen atoms in total. The van der Waals surface area contributed by atoms with Gasteiger partial charge in [0.05, 0.1) is 11.4 Å². The second kappa shape index (κ2) is 6.45. The van der Waals surface area contributed by atoms with E-state index in [4.69, 9.17) is 0 Å². The highest BCUT2D eigenvalue weighted by Gasteiger charge is 2.23. The number of hydrogen-bond acceptors (Lipinski definition) is 3. The Hall–Kier alpha value is -2.66. The van der Waals surface area contributed by atoms with Gasteiger partial charge in [-0.3, -0.25) is 0 Å². The molecule has 0 radical (unpaired) electrons. The molecule has 122 valence electrons. The number of rotatable bonds is 4. The van der Waals surface area contributed by atoms with Gasteiger partial charge in [0.15, 0.2) is 0 Å². The Morgan fingerprint density at radius 2 is 1.92 bits per heavy atom. The van der Waals surface area contributed by atoms with Crippen LogP contribution >= 0.6 is 0 Å². The summed E-state index contributed by atoms with van der Waals surface area (Å²) in [5.74, 6) is -0.186. The van der Waals surface area contributed by atoms with Crippen LogP contribution < -0.4 is 10.4 Å². The van der Waals surface area contributed by atoms with E-state index in [1.807, 2.05) is 34.1 Å². The number of halogens is 1. The Balaban J connectivity index is 1.41. The van der Waals surface area contributed by atoms with Crippen molar-refractivity contribution in [2.24, 2.45) is 0 Å². The van der Waals surface area contributed by atoms with Crippen LogP contribution in [0.4, 0.5) is 10.1 Å². The monoisotopic (exact) mass is 322 g/mol. The van der Waals surface area contributed by atoms with Gasteiger partial charge in [-0.25, -0.2) is 14.5 Å². The van der Waals surface area contributed by atoms with E-state index < -0.39 is 0 Å². The largest absolute Gasteiger partial charge is 0.305 e. The molecule has 4 rings (SSSR count). The fraction of sp³-hybridized carbons (Fsp3) is 0.211. The van der Waals surface area contributed by atoms with Crippen LogP contribution in [0.3, 0.4) is 0 Å². The Morgan fingerprint density at radius 3 is 2.67 bits per heavy atom. The molecule has 24 heavy (non-hydrogen) atoms. The van der Waals surface area contributed by atoms with Crippen molar-refractivity contribution in [1.29, 1.82) is 0 Å². The number of nitrogens with one attached hydrogen (secondary N) is 1. The van der Waals surface area contributed by atoms with E-state index in [0.29, 0.717) is 11.7 Å². The molecule has 1 aliphatic heterocycles. The molecule has 0 amide bonds. The standard InChI is InChI=1S/C19H19FN4/c20-18-4-1-2-5-19(18)24-13-10-16(22-24)14-15-6-8-17(9-7-15)23-12-3-11-21-23/h1-9,11-12,16,22H,10,13-14H2. The third kappa shape index (κ3) is 3.03. The fourth-order valence-electron chi connectivity index (χ4n) is 3.13. The zero-order valence-electron chi connectivity index (χ0n) is 13.3. The molecule has 1 aliphatic rings. The first-order chi connectivity index (χ1) is 11.8. The van der Waals surface area contributed by atoms with E-state index in [-0.39, 0.29) is 5.82 Å². The summed E-state index contributed by atoms with van der Waals surface area (Å²) in [5.41, 5.74) is 6.35. The molecule has 0 spiro atoms. The summed E-state index contributed by atoms with van der Waals surface area (Å²) in [6.45, 7) is 0.816. The lowest BCUT2D eigenvalue weighted by molar-refractivity contribution is 0.573. The van der Waals surface area contributed by atoms with E-state index in [0.717, 1.165) is 25.1 Å². The van der Waals surface area contributed by atoms with Crippen molar-refractivity contribution >= 4 is 5.69 Å². The van der Waals surface area contributed by atoms with Crippen molar-refractivity contribution in [3.05, 3.63) is 78.4 Å². The van der Waals surface area contributed by atoms with Gasteiger partial charge >= 0.3 is 0 Å². The molecular weight excluding hydrogens is 303 g/mol. The summed E-state index contributed by atoms with van der Waals surface area (Å²) < 4.78 is 15.7. The van der Waals surface area contributed by atoms with Crippen LogP contribution in [0.25, 0.3) is 5.69 Å². The van der Waals surface area contributed by atoms with Crippen LogP contribution in [0.2, 0.25) is 0 Å². The molecule has 1 fully saturated rings. The summed E-state index contributed by atoms with van der Waals surface area (Å²) in [6, 6.07) is 17.5. The average molecular weight is 322 g/mol. The first-order valence-electron chi connectivity index (χ1n) is 8.17. The molecule has 1 saturated heterocycles. The van der Waals surface area contributed by atoms with Crippen LogP contribution in [0.1, 0.15) is 12.0 Å². The number of benzene rings is 2. The molecule has 1 aromatic heterocycles. The summed E-state index contributed by atoms with van der Waals surface area (Å²) in [4.78, 5) is 0.